The zero-order valence-electron chi connectivity index (χ0n) is 12.3. The van der Waals surface area contributed by atoms with Gasteiger partial charge in [0.15, 0.2) is 5.41 Å². The SMILES string of the molecule is CCOC(=O)C(C)(Cc1nn(C)c2ccccc12)C(=O)O. The number of carboxylic acids is 1. The fourth-order valence-electron chi connectivity index (χ4n) is 2.28. The zero-order chi connectivity index (χ0) is 15.6. The third-order valence-corrected chi connectivity index (χ3v) is 3.55. The molecule has 2 aromatic rings. The van der Waals surface area contributed by atoms with E-state index in [1.165, 1.54) is 6.92 Å². The number of rotatable bonds is 5. The van der Waals surface area contributed by atoms with Crippen LogP contribution in [0.25, 0.3) is 10.9 Å². The Labute approximate surface area is 122 Å². The average molecular weight is 290 g/mol. The molecule has 1 N–H and O–H groups in total. The highest BCUT2D eigenvalue weighted by Gasteiger charge is 2.44. The third kappa shape index (κ3) is 2.61. The molecular formula is C15H18N2O4. The molecule has 0 aliphatic carbocycles. The molecule has 1 atom stereocenters. The van der Waals surface area contributed by atoms with E-state index in [9.17, 15) is 14.7 Å². The molecular weight excluding hydrogens is 272 g/mol. The van der Waals surface area contributed by atoms with Crippen molar-refractivity contribution in [3.8, 4) is 0 Å². The lowest BCUT2D eigenvalue weighted by molar-refractivity contribution is -0.167. The Kier molecular flexibility index (Phi) is 3.97. The van der Waals surface area contributed by atoms with Gasteiger partial charge in [0, 0.05) is 18.9 Å². The molecule has 0 fully saturated rings. The quantitative estimate of drug-likeness (QED) is 0.670. The predicted molar refractivity (Wildman–Crippen MR) is 76.8 cm³/mol. The first-order chi connectivity index (χ1) is 9.90. The summed E-state index contributed by atoms with van der Waals surface area (Å²) < 4.78 is 6.58. The Morgan fingerprint density at radius 2 is 2.05 bits per heavy atom. The molecule has 0 aliphatic heterocycles. The number of hydrogen-bond donors (Lipinski definition) is 1. The van der Waals surface area contributed by atoms with Crippen molar-refractivity contribution < 1.29 is 19.4 Å². The lowest BCUT2D eigenvalue weighted by Crippen LogP contribution is -2.40. The minimum atomic E-state index is -1.65. The number of fused-ring (bicyclic) bond motifs is 1. The van der Waals surface area contributed by atoms with Crippen molar-refractivity contribution in [1.29, 1.82) is 0 Å². The van der Waals surface area contributed by atoms with E-state index in [2.05, 4.69) is 5.10 Å². The highest BCUT2D eigenvalue weighted by atomic mass is 16.5. The van der Waals surface area contributed by atoms with Crippen molar-refractivity contribution >= 4 is 22.8 Å². The number of carbonyl (C=O) groups is 2. The molecule has 1 unspecified atom stereocenters. The first kappa shape index (κ1) is 15.0. The monoisotopic (exact) mass is 290 g/mol. The number of para-hydroxylation sites is 1. The van der Waals surface area contributed by atoms with Crippen molar-refractivity contribution in [2.24, 2.45) is 12.5 Å². The average Bonchev–Trinajstić information content (AvgIpc) is 2.76. The van der Waals surface area contributed by atoms with Gasteiger partial charge in [0.1, 0.15) is 0 Å². The van der Waals surface area contributed by atoms with Gasteiger partial charge >= 0.3 is 11.9 Å². The van der Waals surface area contributed by atoms with E-state index in [0.29, 0.717) is 5.69 Å². The van der Waals surface area contributed by atoms with Crippen LogP contribution in [0, 0.1) is 5.41 Å². The summed E-state index contributed by atoms with van der Waals surface area (Å²) in [6, 6.07) is 7.50. The Morgan fingerprint density at radius 1 is 1.38 bits per heavy atom. The molecule has 0 saturated heterocycles. The van der Waals surface area contributed by atoms with Gasteiger partial charge in [-0.05, 0) is 19.9 Å². The van der Waals surface area contributed by atoms with E-state index in [1.807, 2.05) is 24.3 Å². The molecule has 21 heavy (non-hydrogen) atoms. The summed E-state index contributed by atoms with van der Waals surface area (Å²) in [5, 5.41) is 14.6. The molecule has 1 heterocycles. The summed E-state index contributed by atoms with van der Waals surface area (Å²) in [6.07, 6.45) is -0.0114. The van der Waals surface area contributed by atoms with Crippen molar-refractivity contribution in [1.82, 2.24) is 9.78 Å². The minimum absolute atomic E-state index is 0.0114. The van der Waals surface area contributed by atoms with Crippen LogP contribution in [0.4, 0.5) is 0 Å². The standard InChI is InChI=1S/C15H18N2O4/c1-4-21-14(20)15(2,13(18)19)9-11-10-7-5-6-8-12(10)17(3)16-11/h5-8H,4,9H2,1-3H3,(H,18,19). The fraction of sp³-hybridized carbons (Fsp3) is 0.400. The van der Waals surface area contributed by atoms with Gasteiger partial charge < -0.3 is 9.84 Å². The van der Waals surface area contributed by atoms with Gasteiger partial charge in [0.05, 0.1) is 17.8 Å². The van der Waals surface area contributed by atoms with Crippen molar-refractivity contribution in [3.05, 3.63) is 30.0 Å². The molecule has 0 spiro atoms. The minimum Gasteiger partial charge on any atom is -0.480 e. The highest BCUT2D eigenvalue weighted by molar-refractivity contribution is 5.99. The molecule has 0 saturated carbocycles. The number of aromatic nitrogens is 2. The van der Waals surface area contributed by atoms with E-state index in [1.54, 1.807) is 18.7 Å². The van der Waals surface area contributed by atoms with Gasteiger partial charge in [-0.3, -0.25) is 14.3 Å². The summed E-state index contributed by atoms with van der Waals surface area (Å²) >= 11 is 0. The van der Waals surface area contributed by atoms with Crippen LogP contribution in [-0.4, -0.2) is 33.4 Å². The van der Waals surface area contributed by atoms with Crippen molar-refractivity contribution in [2.45, 2.75) is 20.3 Å². The molecule has 112 valence electrons. The second-order valence-corrected chi connectivity index (χ2v) is 5.12. The van der Waals surface area contributed by atoms with Crippen molar-refractivity contribution in [2.75, 3.05) is 6.61 Å². The van der Waals surface area contributed by atoms with E-state index < -0.39 is 17.4 Å². The first-order valence-corrected chi connectivity index (χ1v) is 6.71. The Morgan fingerprint density at radius 3 is 2.67 bits per heavy atom. The first-order valence-electron chi connectivity index (χ1n) is 6.71. The van der Waals surface area contributed by atoms with Crippen LogP contribution in [0.2, 0.25) is 0 Å². The van der Waals surface area contributed by atoms with Crippen LogP contribution < -0.4 is 0 Å². The van der Waals surface area contributed by atoms with Gasteiger partial charge in [-0.1, -0.05) is 18.2 Å². The topological polar surface area (TPSA) is 81.4 Å². The van der Waals surface area contributed by atoms with Crippen LogP contribution in [0.1, 0.15) is 19.5 Å². The molecule has 0 aliphatic rings. The molecule has 2 rings (SSSR count). The fourth-order valence-corrected chi connectivity index (χ4v) is 2.28. The molecule has 0 radical (unpaired) electrons. The maximum absolute atomic E-state index is 12.0. The second-order valence-electron chi connectivity index (χ2n) is 5.12. The molecule has 0 amide bonds. The van der Waals surface area contributed by atoms with Gasteiger partial charge in [-0.15, -0.1) is 0 Å². The van der Waals surface area contributed by atoms with Crippen LogP contribution in [0.3, 0.4) is 0 Å². The molecule has 0 bridgehead atoms. The summed E-state index contributed by atoms with van der Waals surface area (Å²) in [6.45, 7) is 3.16. The van der Waals surface area contributed by atoms with E-state index in [4.69, 9.17) is 4.74 Å². The number of carbonyl (C=O) groups excluding carboxylic acids is 1. The van der Waals surface area contributed by atoms with E-state index in [-0.39, 0.29) is 13.0 Å². The number of nitrogens with zero attached hydrogens (tertiary/aromatic N) is 2. The Hall–Kier alpha value is -2.37. The number of hydrogen-bond acceptors (Lipinski definition) is 4. The normalized spacial score (nSPS) is 13.9. The number of benzene rings is 1. The largest absolute Gasteiger partial charge is 0.480 e. The van der Waals surface area contributed by atoms with Crippen LogP contribution >= 0.6 is 0 Å². The van der Waals surface area contributed by atoms with Crippen molar-refractivity contribution in [3.63, 3.8) is 0 Å². The van der Waals surface area contributed by atoms with E-state index in [0.717, 1.165) is 10.9 Å². The van der Waals surface area contributed by atoms with Gasteiger partial charge in [-0.2, -0.15) is 5.10 Å². The molecule has 6 heteroatoms. The van der Waals surface area contributed by atoms with Gasteiger partial charge in [0.2, 0.25) is 0 Å². The lowest BCUT2D eigenvalue weighted by atomic mass is 9.85. The van der Waals surface area contributed by atoms with Crippen LogP contribution in [0.15, 0.2) is 24.3 Å². The Balaban J connectivity index is 2.45. The number of carboxylic acid groups (broad SMARTS) is 1. The van der Waals surface area contributed by atoms with Crippen LogP contribution in [-0.2, 0) is 27.8 Å². The van der Waals surface area contributed by atoms with Crippen LogP contribution in [0.5, 0.6) is 0 Å². The maximum atomic E-state index is 12.0. The Bertz CT molecular complexity index is 692. The molecule has 6 nitrogen and oxygen atoms in total. The number of ether oxygens (including phenoxy) is 1. The number of esters is 1. The third-order valence-electron chi connectivity index (χ3n) is 3.55. The summed E-state index contributed by atoms with van der Waals surface area (Å²) in [7, 11) is 1.79. The maximum Gasteiger partial charge on any atom is 0.323 e. The molecule has 1 aromatic heterocycles. The highest BCUT2D eigenvalue weighted by Crippen LogP contribution is 2.28. The zero-order valence-corrected chi connectivity index (χ0v) is 12.3. The number of aliphatic carboxylic acids is 1. The van der Waals surface area contributed by atoms with Gasteiger partial charge in [-0.25, -0.2) is 0 Å². The summed E-state index contributed by atoms with van der Waals surface area (Å²) in [4.78, 5) is 23.6. The number of aryl methyl sites for hydroxylation is 1. The molecule has 1 aromatic carbocycles. The van der Waals surface area contributed by atoms with Gasteiger partial charge in [0.25, 0.3) is 0 Å². The predicted octanol–water partition coefficient (Wildman–Crippen LogP) is 1.77. The summed E-state index contributed by atoms with van der Waals surface area (Å²) in [5.41, 5.74) is -0.178. The summed E-state index contributed by atoms with van der Waals surface area (Å²) in [5.74, 6) is -1.96. The smallest absolute Gasteiger partial charge is 0.323 e. The lowest BCUT2D eigenvalue weighted by Gasteiger charge is -2.21. The van der Waals surface area contributed by atoms with E-state index >= 15 is 0 Å². The second kappa shape index (κ2) is 5.55.